The number of aromatic nitrogens is 2. The molecule has 0 spiro atoms. The predicted octanol–water partition coefficient (Wildman–Crippen LogP) is 0.910. The summed E-state index contributed by atoms with van der Waals surface area (Å²) in [6, 6.07) is 3.50. The maximum atomic E-state index is 11.2. The lowest BCUT2D eigenvalue weighted by atomic mass is 10.0. The van der Waals surface area contributed by atoms with Gasteiger partial charge in [0.25, 0.3) is 0 Å². The van der Waals surface area contributed by atoms with Gasteiger partial charge in [0.05, 0.1) is 30.2 Å². The molecule has 2 unspecified atom stereocenters. The molecule has 0 aliphatic carbocycles. The van der Waals surface area contributed by atoms with Crippen molar-refractivity contribution < 1.29 is 19.7 Å². The first kappa shape index (κ1) is 13.5. The maximum Gasteiger partial charge on any atom is 0.308 e. The Morgan fingerprint density at radius 1 is 1.53 bits per heavy atom. The molecule has 0 amide bonds. The number of nitrogens with one attached hydrogen (secondary N) is 1. The molecular weight excluding hydrogens is 248 g/mol. The van der Waals surface area contributed by atoms with Crippen molar-refractivity contribution in [2.24, 2.45) is 0 Å². The smallest absolute Gasteiger partial charge is 0.308 e. The number of aliphatic hydroxyl groups is 2. The molecule has 2 atom stereocenters. The third kappa shape index (κ3) is 3.10. The van der Waals surface area contributed by atoms with Crippen molar-refractivity contribution in [1.82, 2.24) is 9.97 Å². The Morgan fingerprint density at radius 3 is 3.05 bits per heavy atom. The highest BCUT2D eigenvalue weighted by Crippen LogP contribution is 2.21. The molecule has 102 valence electrons. The van der Waals surface area contributed by atoms with Crippen LogP contribution in [0.15, 0.2) is 24.5 Å². The summed E-state index contributed by atoms with van der Waals surface area (Å²) < 4.78 is 4.72. The van der Waals surface area contributed by atoms with E-state index in [0.29, 0.717) is 5.56 Å². The summed E-state index contributed by atoms with van der Waals surface area (Å²) in [5.74, 6) is -0.539. The van der Waals surface area contributed by atoms with Gasteiger partial charge in [-0.2, -0.15) is 0 Å². The van der Waals surface area contributed by atoms with E-state index in [4.69, 9.17) is 4.74 Å². The molecule has 2 aromatic rings. The van der Waals surface area contributed by atoms with Crippen LogP contribution in [0.3, 0.4) is 0 Å². The highest BCUT2D eigenvalue weighted by Gasteiger charge is 2.22. The van der Waals surface area contributed by atoms with Crippen LogP contribution in [0.1, 0.15) is 25.0 Å². The Morgan fingerprint density at radius 2 is 2.32 bits per heavy atom. The SMILES string of the molecule is CCOC(=O)CC(O)C(O)c1cnc2cc[nH]c2c1. The largest absolute Gasteiger partial charge is 0.466 e. The number of ether oxygens (including phenoxy) is 1. The lowest BCUT2D eigenvalue weighted by molar-refractivity contribution is -0.147. The van der Waals surface area contributed by atoms with Gasteiger partial charge >= 0.3 is 5.97 Å². The van der Waals surface area contributed by atoms with Crippen molar-refractivity contribution in [2.45, 2.75) is 25.6 Å². The second-order valence-electron chi connectivity index (χ2n) is 4.20. The monoisotopic (exact) mass is 264 g/mol. The predicted molar refractivity (Wildman–Crippen MR) is 68.3 cm³/mol. The molecule has 2 aromatic heterocycles. The summed E-state index contributed by atoms with van der Waals surface area (Å²) in [6.07, 6.45) is 0.577. The average molecular weight is 264 g/mol. The minimum atomic E-state index is -1.21. The van der Waals surface area contributed by atoms with Crippen LogP contribution in [0.4, 0.5) is 0 Å². The minimum Gasteiger partial charge on any atom is -0.466 e. The number of carbonyl (C=O) groups is 1. The minimum absolute atomic E-state index is 0.248. The Hall–Kier alpha value is -1.92. The van der Waals surface area contributed by atoms with Crippen LogP contribution in [-0.4, -0.2) is 38.9 Å². The van der Waals surface area contributed by atoms with E-state index in [0.717, 1.165) is 11.0 Å². The van der Waals surface area contributed by atoms with Gasteiger partial charge in [-0.1, -0.05) is 0 Å². The van der Waals surface area contributed by atoms with Gasteiger partial charge in [-0.05, 0) is 19.1 Å². The number of esters is 1. The molecule has 0 aromatic carbocycles. The van der Waals surface area contributed by atoms with E-state index in [2.05, 4.69) is 9.97 Å². The quantitative estimate of drug-likeness (QED) is 0.698. The van der Waals surface area contributed by atoms with Crippen LogP contribution in [0.5, 0.6) is 0 Å². The van der Waals surface area contributed by atoms with Gasteiger partial charge in [0.2, 0.25) is 0 Å². The molecule has 2 heterocycles. The molecule has 2 rings (SSSR count). The van der Waals surface area contributed by atoms with E-state index in [-0.39, 0.29) is 13.0 Å². The first-order valence-corrected chi connectivity index (χ1v) is 6.06. The first-order valence-electron chi connectivity index (χ1n) is 6.06. The van der Waals surface area contributed by atoms with Crippen molar-refractivity contribution in [2.75, 3.05) is 6.61 Å². The van der Waals surface area contributed by atoms with Gasteiger partial charge in [-0.25, -0.2) is 0 Å². The van der Waals surface area contributed by atoms with Crippen LogP contribution in [-0.2, 0) is 9.53 Å². The van der Waals surface area contributed by atoms with Gasteiger partial charge in [-0.3, -0.25) is 9.78 Å². The lowest BCUT2D eigenvalue weighted by Gasteiger charge is -2.17. The number of aliphatic hydroxyl groups excluding tert-OH is 2. The highest BCUT2D eigenvalue weighted by atomic mass is 16.5. The van der Waals surface area contributed by atoms with Crippen molar-refractivity contribution in [3.05, 3.63) is 30.1 Å². The molecule has 0 aliphatic rings. The third-order valence-corrected chi connectivity index (χ3v) is 2.81. The molecule has 3 N–H and O–H groups in total. The average Bonchev–Trinajstić information content (AvgIpc) is 2.85. The topological polar surface area (TPSA) is 95.4 Å². The zero-order valence-electron chi connectivity index (χ0n) is 10.5. The fourth-order valence-electron chi connectivity index (χ4n) is 1.84. The summed E-state index contributed by atoms with van der Waals surface area (Å²) in [7, 11) is 0. The molecule has 0 saturated heterocycles. The van der Waals surface area contributed by atoms with Gasteiger partial charge in [0.15, 0.2) is 0 Å². The van der Waals surface area contributed by atoms with E-state index >= 15 is 0 Å². The second-order valence-corrected chi connectivity index (χ2v) is 4.20. The first-order chi connectivity index (χ1) is 9.11. The number of nitrogens with zero attached hydrogens (tertiary/aromatic N) is 1. The number of pyridine rings is 1. The van der Waals surface area contributed by atoms with Gasteiger partial charge < -0.3 is 19.9 Å². The van der Waals surface area contributed by atoms with Crippen LogP contribution < -0.4 is 0 Å². The maximum absolute atomic E-state index is 11.2. The molecular formula is C13H16N2O4. The van der Waals surface area contributed by atoms with Gasteiger partial charge in [-0.15, -0.1) is 0 Å². The number of aromatic amines is 1. The summed E-state index contributed by atoms with van der Waals surface area (Å²) in [6.45, 7) is 1.93. The Balaban J connectivity index is 2.09. The standard InChI is InChI=1S/C13H16N2O4/c1-2-19-12(17)6-11(16)13(18)8-5-10-9(15-7-8)3-4-14-10/h3-5,7,11,13-14,16,18H,2,6H2,1H3. The normalized spacial score (nSPS) is 14.3. The number of rotatable bonds is 5. The van der Waals surface area contributed by atoms with E-state index in [9.17, 15) is 15.0 Å². The molecule has 19 heavy (non-hydrogen) atoms. The molecule has 0 saturated carbocycles. The van der Waals surface area contributed by atoms with E-state index in [1.165, 1.54) is 6.20 Å². The zero-order valence-corrected chi connectivity index (χ0v) is 10.5. The third-order valence-electron chi connectivity index (χ3n) is 2.81. The Kier molecular flexibility index (Phi) is 4.13. The van der Waals surface area contributed by atoms with Crippen molar-refractivity contribution in [3.8, 4) is 0 Å². The number of hydrogen-bond donors (Lipinski definition) is 3. The summed E-state index contributed by atoms with van der Waals surface area (Å²) in [5, 5.41) is 19.8. The molecule has 6 nitrogen and oxygen atoms in total. The van der Waals surface area contributed by atoms with E-state index in [1.807, 2.05) is 0 Å². The van der Waals surface area contributed by atoms with Gasteiger partial charge in [0, 0.05) is 18.0 Å². The number of hydrogen-bond acceptors (Lipinski definition) is 5. The Bertz CT molecular complexity index is 567. The van der Waals surface area contributed by atoms with Crippen LogP contribution in [0, 0.1) is 0 Å². The molecule has 0 radical (unpaired) electrons. The highest BCUT2D eigenvalue weighted by molar-refractivity contribution is 5.75. The fraction of sp³-hybridized carbons (Fsp3) is 0.385. The molecule has 6 heteroatoms. The van der Waals surface area contributed by atoms with Crippen LogP contribution in [0.2, 0.25) is 0 Å². The van der Waals surface area contributed by atoms with E-state index < -0.39 is 18.2 Å². The number of carbonyl (C=O) groups excluding carboxylic acids is 1. The zero-order chi connectivity index (χ0) is 13.8. The van der Waals surface area contributed by atoms with Gasteiger partial charge in [0.1, 0.15) is 6.10 Å². The number of fused-ring (bicyclic) bond motifs is 1. The summed E-state index contributed by atoms with van der Waals surface area (Å²) in [4.78, 5) is 18.4. The number of H-pyrrole nitrogens is 1. The van der Waals surface area contributed by atoms with Crippen LogP contribution in [0.25, 0.3) is 11.0 Å². The lowest BCUT2D eigenvalue weighted by Crippen LogP contribution is -2.23. The van der Waals surface area contributed by atoms with E-state index in [1.54, 1.807) is 25.3 Å². The molecule has 0 fully saturated rings. The Labute approximate surface area is 110 Å². The second kappa shape index (κ2) is 5.81. The van der Waals surface area contributed by atoms with Crippen molar-refractivity contribution in [3.63, 3.8) is 0 Å². The molecule has 0 aliphatic heterocycles. The summed E-state index contributed by atoms with van der Waals surface area (Å²) >= 11 is 0. The molecule has 0 bridgehead atoms. The van der Waals surface area contributed by atoms with Crippen LogP contribution >= 0.6 is 0 Å². The fourth-order valence-corrected chi connectivity index (χ4v) is 1.84. The van der Waals surface area contributed by atoms with Crippen molar-refractivity contribution >= 4 is 17.0 Å². The summed E-state index contributed by atoms with van der Waals surface area (Å²) in [5.41, 5.74) is 1.99. The van der Waals surface area contributed by atoms with Crippen molar-refractivity contribution in [1.29, 1.82) is 0 Å².